The fraction of sp³-hybridized carbons (Fsp3) is 0.348. The van der Waals surface area contributed by atoms with Crippen LogP contribution < -0.4 is 10.1 Å². The molecule has 0 saturated heterocycles. The number of imidazole rings is 1. The van der Waals surface area contributed by atoms with Gasteiger partial charge in [0, 0.05) is 26.0 Å². The van der Waals surface area contributed by atoms with Gasteiger partial charge < -0.3 is 19.7 Å². The average Bonchev–Trinajstić information content (AvgIpc) is 3.12. The third-order valence-electron chi connectivity index (χ3n) is 4.83. The monoisotopic (exact) mass is 433 g/mol. The van der Waals surface area contributed by atoms with Gasteiger partial charge >= 0.3 is 0 Å². The lowest BCUT2D eigenvalue weighted by molar-refractivity contribution is 0.104. The predicted molar refractivity (Wildman–Crippen MR) is 119 cm³/mol. The van der Waals surface area contributed by atoms with Crippen molar-refractivity contribution in [1.29, 1.82) is 0 Å². The number of ether oxygens (including phenoxy) is 1. The van der Waals surface area contributed by atoms with Crippen molar-refractivity contribution < 1.29 is 14.2 Å². The molecule has 0 fully saturated rings. The number of aromatic nitrogens is 2. The Morgan fingerprint density at radius 3 is 2.60 bits per heavy atom. The van der Waals surface area contributed by atoms with E-state index in [2.05, 4.69) is 24.1 Å². The number of nitrogens with one attached hydrogen (secondary N) is 1. The Bertz CT molecular complexity index is 932. The van der Waals surface area contributed by atoms with Crippen LogP contribution in [0.3, 0.4) is 0 Å². The van der Waals surface area contributed by atoms with Gasteiger partial charge in [-0.3, -0.25) is 0 Å². The van der Waals surface area contributed by atoms with Crippen molar-refractivity contribution in [2.45, 2.75) is 31.9 Å². The molecule has 5 nitrogen and oxygen atoms in total. The topological polar surface area (TPSA) is 59.3 Å². The maximum atomic E-state index is 13.8. The van der Waals surface area contributed by atoms with Gasteiger partial charge in [0.15, 0.2) is 0 Å². The maximum Gasteiger partial charge on any atom is 0.130 e. The summed E-state index contributed by atoms with van der Waals surface area (Å²) in [6.45, 7) is 4.65. The van der Waals surface area contributed by atoms with Gasteiger partial charge in [0.1, 0.15) is 30.1 Å². The normalized spacial score (nSPS) is 13.0. The Morgan fingerprint density at radius 2 is 1.93 bits per heavy atom. The van der Waals surface area contributed by atoms with Crippen molar-refractivity contribution in [2.24, 2.45) is 7.05 Å². The van der Waals surface area contributed by atoms with Crippen LogP contribution >= 0.6 is 12.4 Å². The van der Waals surface area contributed by atoms with Gasteiger partial charge in [-0.25, -0.2) is 9.37 Å². The molecule has 3 rings (SSSR count). The molecule has 1 aromatic heterocycles. The molecule has 162 valence electrons. The molecular formula is C23H29ClFN3O2. The molecule has 3 aromatic rings. The van der Waals surface area contributed by atoms with Crippen LogP contribution in [-0.4, -0.2) is 33.9 Å². The largest absolute Gasteiger partial charge is 0.491 e. The van der Waals surface area contributed by atoms with Gasteiger partial charge in [-0.15, -0.1) is 12.4 Å². The standard InChI is InChI=1S/C23H28FN3O2.ClH/c1-16(2)20-9-4-5-10-21(20)29-15-19(28)14-26-22(23-25-11-12-27(23)3)17-7-6-8-18(24)13-17;/h4-13,16,19,22,26,28H,14-15H2,1-3H3;1H. The second-order valence-corrected chi connectivity index (χ2v) is 7.45. The zero-order valence-electron chi connectivity index (χ0n) is 17.5. The summed E-state index contributed by atoms with van der Waals surface area (Å²) in [5, 5.41) is 13.8. The molecule has 0 radical (unpaired) electrons. The smallest absolute Gasteiger partial charge is 0.130 e. The van der Waals surface area contributed by atoms with Crippen LogP contribution in [0.1, 0.15) is 42.8 Å². The number of halogens is 2. The molecule has 2 N–H and O–H groups in total. The van der Waals surface area contributed by atoms with Gasteiger partial charge in [0.2, 0.25) is 0 Å². The molecule has 0 aliphatic rings. The Balaban J connectivity index is 0.00000320. The fourth-order valence-corrected chi connectivity index (χ4v) is 3.29. The van der Waals surface area contributed by atoms with Crippen LogP contribution in [0.5, 0.6) is 5.75 Å². The predicted octanol–water partition coefficient (Wildman–Crippen LogP) is 4.22. The van der Waals surface area contributed by atoms with Crippen LogP contribution in [0.15, 0.2) is 60.9 Å². The van der Waals surface area contributed by atoms with E-state index in [1.54, 1.807) is 12.3 Å². The molecule has 2 aromatic carbocycles. The summed E-state index contributed by atoms with van der Waals surface area (Å²) >= 11 is 0. The lowest BCUT2D eigenvalue weighted by atomic mass is 10.0. The van der Waals surface area contributed by atoms with Crippen LogP contribution in [0.4, 0.5) is 4.39 Å². The quantitative estimate of drug-likeness (QED) is 0.530. The van der Waals surface area contributed by atoms with E-state index in [1.807, 2.05) is 48.1 Å². The maximum absolute atomic E-state index is 13.8. The first kappa shape index (κ1) is 23.9. The van der Waals surface area contributed by atoms with E-state index < -0.39 is 6.10 Å². The van der Waals surface area contributed by atoms with Crippen molar-refractivity contribution in [3.05, 3.63) is 83.7 Å². The van der Waals surface area contributed by atoms with Crippen molar-refractivity contribution in [3.63, 3.8) is 0 Å². The minimum absolute atomic E-state index is 0. The Morgan fingerprint density at radius 1 is 1.17 bits per heavy atom. The second-order valence-electron chi connectivity index (χ2n) is 7.45. The molecule has 0 aliphatic heterocycles. The number of hydrogen-bond acceptors (Lipinski definition) is 4. The molecule has 0 aliphatic carbocycles. The van der Waals surface area contributed by atoms with Crippen molar-refractivity contribution in [1.82, 2.24) is 14.9 Å². The van der Waals surface area contributed by atoms with E-state index in [0.29, 0.717) is 5.92 Å². The van der Waals surface area contributed by atoms with E-state index in [0.717, 1.165) is 22.7 Å². The highest BCUT2D eigenvalue weighted by Gasteiger charge is 2.20. The number of nitrogens with zero attached hydrogens (tertiary/aromatic N) is 2. The SMILES string of the molecule is CC(C)c1ccccc1OCC(O)CNC(c1cccc(F)c1)c1nccn1C.Cl. The van der Waals surface area contributed by atoms with Crippen molar-refractivity contribution >= 4 is 12.4 Å². The first-order chi connectivity index (χ1) is 14.0. The molecule has 0 saturated carbocycles. The van der Waals surface area contributed by atoms with Gasteiger partial charge in [-0.2, -0.15) is 0 Å². The van der Waals surface area contributed by atoms with Crippen LogP contribution in [0, 0.1) is 5.82 Å². The zero-order valence-corrected chi connectivity index (χ0v) is 18.3. The summed E-state index contributed by atoms with van der Waals surface area (Å²) in [6, 6.07) is 13.9. The van der Waals surface area contributed by atoms with Gasteiger partial charge in [-0.1, -0.05) is 44.2 Å². The van der Waals surface area contributed by atoms with Crippen LogP contribution in [0.2, 0.25) is 0 Å². The Kier molecular flexibility index (Phi) is 8.84. The van der Waals surface area contributed by atoms with Gasteiger partial charge in [0.25, 0.3) is 0 Å². The van der Waals surface area contributed by atoms with Gasteiger partial charge in [-0.05, 0) is 35.2 Å². The number of hydrogen-bond donors (Lipinski definition) is 2. The number of aryl methyl sites for hydroxylation is 1. The second kappa shape index (κ2) is 11.1. The van der Waals surface area contributed by atoms with Gasteiger partial charge in [0.05, 0.1) is 6.04 Å². The minimum Gasteiger partial charge on any atom is -0.491 e. The summed E-state index contributed by atoms with van der Waals surface area (Å²) in [4.78, 5) is 4.39. The Hall–Kier alpha value is -2.41. The summed E-state index contributed by atoms with van der Waals surface area (Å²) in [5.74, 6) is 1.56. The minimum atomic E-state index is -0.730. The van der Waals surface area contributed by atoms with Crippen LogP contribution in [-0.2, 0) is 7.05 Å². The Labute approximate surface area is 183 Å². The zero-order chi connectivity index (χ0) is 20.8. The average molecular weight is 434 g/mol. The summed E-state index contributed by atoms with van der Waals surface area (Å²) < 4.78 is 21.5. The van der Waals surface area contributed by atoms with Crippen molar-refractivity contribution in [2.75, 3.05) is 13.2 Å². The lowest BCUT2D eigenvalue weighted by Gasteiger charge is -2.22. The number of aliphatic hydroxyl groups excluding tert-OH is 1. The molecule has 0 bridgehead atoms. The highest BCUT2D eigenvalue weighted by molar-refractivity contribution is 5.85. The fourth-order valence-electron chi connectivity index (χ4n) is 3.29. The third-order valence-corrected chi connectivity index (χ3v) is 4.83. The summed E-state index contributed by atoms with van der Waals surface area (Å²) in [6.07, 6.45) is 2.81. The van der Waals surface area contributed by atoms with E-state index in [1.165, 1.54) is 12.1 Å². The van der Waals surface area contributed by atoms with Crippen LogP contribution in [0.25, 0.3) is 0 Å². The summed E-state index contributed by atoms with van der Waals surface area (Å²) in [7, 11) is 1.89. The number of benzene rings is 2. The van der Waals surface area contributed by atoms with E-state index >= 15 is 0 Å². The van der Waals surface area contributed by atoms with E-state index in [9.17, 15) is 9.50 Å². The van der Waals surface area contributed by atoms with Crippen molar-refractivity contribution in [3.8, 4) is 5.75 Å². The lowest BCUT2D eigenvalue weighted by Crippen LogP contribution is -2.35. The molecule has 2 atom stereocenters. The molecule has 0 amide bonds. The van der Waals surface area contributed by atoms with E-state index in [4.69, 9.17) is 4.74 Å². The van der Waals surface area contributed by atoms with E-state index in [-0.39, 0.29) is 37.4 Å². The highest BCUT2D eigenvalue weighted by Crippen LogP contribution is 2.26. The molecule has 1 heterocycles. The highest BCUT2D eigenvalue weighted by atomic mass is 35.5. The number of rotatable bonds is 9. The first-order valence-corrected chi connectivity index (χ1v) is 9.81. The first-order valence-electron chi connectivity index (χ1n) is 9.81. The molecule has 0 spiro atoms. The number of aliphatic hydroxyl groups is 1. The molecule has 30 heavy (non-hydrogen) atoms. The molecular weight excluding hydrogens is 405 g/mol. The third kappa shape index (κ3) is 6.05. The summed E-state index contributed by atoms with van der Waals surface area (Å²) in [5.41, 5.74) is 1.86. The molecule has 7 heteroatoms. The number of para-hydroxylation sites is 1. The molecule has 2 unspecified atom stereocenters.